The van der Waals surface area contributed by atoms with E-state index in [9.17, 15) is 19.1 Å². The Balaban J connectivity index is 2.00. The minimum atomic E-state index is -4.16. The van der Waals surface area contributed by atoms with Crippen LogP contribution in [0.25, 0.3) is 10.9 Å². The molecule has 1 heterocycles. The molecule has 0 spiro atoms. The molecule has 0 bridgehead atoms. The van der Waals surface area contributed by atoms with E-state index in [1.54, 1.807) is 13.0 Å². The van der Waals surface area contributed by atoms with Crippen LogP contribution in [0.4, 0.5) is 10.1 Å². The normalized spacial score (nSPS) is 16.5. The van der Waals surface area contributed by atoms with E-state index in [0.717, 1.165) is 38.5 Å². The van der Waals surface area contributed by atoms with Crippen LogP contribution >= 0.6 is 7.60 Å². The SMILES string of the molecule is CCC(CC)n1cc(CNC(C)CP(=O)(O)O)c(=O)c2cc(F)c(NC3CCCCC3)cc21. The van der Waals surface area contributed by atoms with Crippen LogP contribution < -0.4 is 16.1 Å². The van der Waals surface area contributed by atoms with E-state index in [0.29, 0.717) is 22.2 Å². The van der Waals surface area contributed by atoms with Gasteiger partial charge in [-0.3, -0.25) is 9.36 Å². The van der Waals surface area contributed by atoms with E-state index in [-0.39, 0.29) is 30.2 Å². The number of pyridine rings is 1. The fourth-order valence-electron chi connectivity index (χ4n) is 4.82. The van der Waals surface area contributed by atoms with Gasteiger partial charge in [-0.1, -0.05) is 33.1 Å². The lowest BCUT2D eigenvalue weighted by atomic mass is 9.95. The first kappa shape index (κ1) is 25.9. The molecule has 3 rings (SSSR count). The van der Waals surface area contributed by atoms with Crippen molar-refractivity contribution in [3.63, 3.8) is 0 Å². The molecule has 33 heavy (non-hydrogen) atoms. The molecule has 1 atom stereocenters. The minimum Gasteiger partial charge on any atom is -0.380 e. The highest BCUT2D eigenvalue weighted by atomic mass is 31.2. The molecule has 1 saturated carbocycles. The Morgan fingerprint density at radius 1 is 1.18 bits per heavy atom. The monoisotopic (exact) mass is 481 g/mol. The van der Waals surface area contributed by atoms with Crippen LogP contribution in [0.2, 0.25) is 0 Å². The summed E-state index contributed by atoms with van der Waals surface area (Å²) < 4.78 is 28.4. The number of rotatable bonds is 10. The van der Waals surface area contributed by atoms with Crippen LogP contribution in [0.15, 0.2) is 23.1 Å². The molecule has 0 aliphatic heterocycles. The number of anilines is 1. The maximum atomic E-state index is 15.1. The largest absolute Gasteiger partial charge is 0.380 e. The Hall–Kier alpha value is -1.73. The summed E-state index contributed by atoms with van der Waals surface area (Å²) in [5, 5.41) is 6.72. The smallest absolute Gasteiger partial charge is 0.327 e. The molecule has 1 aliphatic carbocycles. The number of nitrogens with one attached hydrogen (secondary N) is 2. The van der Waals surface area contributed by atoms with Crippen molar-refractivity contribution in [3.05, 3.63) is 39.9 Å². The van der Waals surface area contributed by atoms with Crippen molar-refractivity contribution in [2.24, 2.45) is 0 Å². The van der Waals surface area contributed by atoms with Gasteiger partial charge in [0, 0.05) is 41.8 Å². The minimum absolute atomic E-state index is 0.146. The van der Waals surface area contributed by atoms with Crippen molar-refractivity contribution in [2.45, 2.75) is 90.4 Å². The summed E-state index contributed by atoms with van der Waals surface area (Å²) in [5.74, 6) is -0.429. The van der Waals surface area contributed by atoms with E-state index < -0.39 is 19.5 Å². The summed E-state index contributed by atoms with van der Waals surface area (Å²) in [7, 11) is -4.16. The third-order valence-corrected chi connectivity index (χ3v) is 7.67. The van der Waals surface area contributed by atoms with Crippen molar-refractivity contribution in [1.82, 2.24) is 9.88 Å². The standard InChI is InChI=1S/C24H37FN3O4P/c1-4-19(5-2)28-14-17(13-26-16(3)15-33(30,31)32)24(29)20-11-21(25)22(12-23(20)28)27-18-9-7-6-8-10-18/h11-12,14,16,18-19,26-27H,4-10,13,15H2,1-3H3,(H2,30,31,32). The van der Waals surface area contributed by atoms with Gasteiger partial charge in [0.15, 0.2) is 5.43 Å². The predicted molar refractivity (Wildman–Crippen MR) is 131 cm³/mol. The highest BCUT2D eigenvalue weighted by molar-refractivity contribution is 7.51. The molecule has 1 unspecified atom stereocenters. The van der Waals surface area contributed by atoms with Crippen LogP contribution in [0.5, 0.6) is 0 Å². The molecular formula is C24H37FN3O4P. The molecule has 9 heteroatoms. The van der Waals surface area contributed by atoms with E-state index in [1.165, 1.54) is 12.5 Å². The lowest BCUT2D eigenvalue weighted by molar-refractivity contribution is 0.365. The molecule has 4 N–H and O–H groups in total. The van der Waals surface area contributed by atoms with Crippen LogP contribution in [0, 0.1) is 5.82 Å². The Bertz CT molecular complexity index is 1060. The predicted octanol–water partition coefficient (Wildman–Crippen LogP) is 4.90. The van der Waals surface area contributed by atoms with Crippen LogP contribution in [0.1, 0.15) is 77.3 Å². The zero-order valence-electron chi connectivity index (χ0n) is 19.8. The van der Waals surface area contributed by atoms with Gasteiger partial charge in [0.25, 0.3) is 0 Å². The summed E-state index contributed by atoms with van der Waals surface area (Å²) in [6, 6.07) is 3.03. The summed E-state index contributed by atoms with van der Waals surface area (Å²) in [4.78, 5) is 31.6. The second kappa shape index (κ2) is 11.1. The molecular weight excluding hydrogens is 444 g/mol. The number of aromatic nitrogens is 1. The zero-order valence-corrected chi connectivity index (χ0v) is 20.7. The molecule has 0 radical (unpaired) electrons. The quantitative estimate of drug-likeness (QED) is 0.360. The summed E-state index contributed by atoms with van der Waals surface area (Å²) in [6.07, 6.45) is 8.77. The first-order chi connectivity index (χ1) is 15.6. The van der Waals surface area contributed by atoms with Gasteiger partial charge in [-0.15, -0.1) is 0 Å². The van der Waals surface area contributed by atoms with Gasteiger partial charge in [-0.05, 0) is 44.7 Å². The number of benzene rings is 1. The average Bonchev–Trinajstić information content (AvgIpc) is 2.76. The van der Waals surface area contributed by atoms with Gasteiger partial charge in [-0.2, -0.15) is 0 Å². The van der Waals surface area contributed by atoms with Gasteiger partial charge in [-0.25, -0.2) is 4.39 Å². The molecule has 184 valence electrons. The fourth-order valence-corrected chi connectivity index (χ4v) is 5.66. The topological polar surface area (TPSA) is 104 Å². The summed E-state index contributed by atoms with van der Waals surface area (Å²) in [6.45, 7) is 5.99. The van der Waals surface area contributed by atoms with Gasteiger partial charge >= 0.3 is 7.60 Å². The number of fused-ring (bicyclic) bond motifs is 1. The second-order valence-electron chi connectivity index (χ2n) is 9.32. The van der Waals surface area contributed by atoms with Crippen molar-refractivity contribution in [3.8, 4) is 0 Å². The van der Waals surface area contributed by atoms with Crippen molar-refractivity contribution < 1.29 is 18.7 Å². The number of hydrogen-bond acceptors (Lipinski definition) is 4. The highest BCUT2D eigenvalue weighted by Crippen LogP contribution is 2.35. The van der Waals surface area contributed by atoms with E-state index in [2.05, 4.69) is 29.0 Å². The lowest BCUT2D eigenvalue weighted by Crippen LogP contribution is -2.31. The Labute approximate surface area is 194 Å². The number of nitrogens with zero attached hydrogens (tertiary/aromatic N) is 1. The molecule has 7 nitrogen and oxygen atoms in total. The van der Waals surface area contributed by atoms with Crippen molar-refractivity contribution in [1.29, 1.82) is 0 Å². The highest BCUT2D eigenvalue weighted by Gasteiger charge is 2.21. The maximum Gasteiger partial charge on any atom is 0.327 e. The molecule has 0 amide bonds. The van der Waals surface area contributed by atoms with E-state index in [4.69, 9.17) is 0 Å². The molecule has 1 aliphatic rings. The Kier molecular flexibility index (Phi) is 8.73. The van der Waals surface area contributed by atoms with Crippen LogP contribution in [-0.4, -0.2) is 32.6 Å². The van der Waals surface area contributed by atoms with Gasteiger partial charge in [0.1, 0.15) is 5.82 Å². The molecule has 0 saturated heterocycles. The third-order valence-electron chi connectivity index (χ3n) is 6.65. The first-order valence-corrected chi connectivity index (χ1v) is 13.8. The lowest BCUT2D eigenvalue weighted by Gasteiger charge is -2.26. The maximum absolute atomic E-state index is 15.1. The van der Waals surface area contributed by atoms with Gasteiger partial charge in [0.05, 0.1) is 17.4 Å². The van der Waals surface area contributed by atoms with Crippen molar-refractivity contribution in [2.75, 3.05) is 11.5 Å². The van der Waals surface area contributed by atoms with Gasteiger partial charge in [0.2, 0.25) is 0 Å². The van der Waals surface area contributed by atoms with E-state index >= 15 is 4.39 Å². The van der Waals surface area contributed by atoms with Gasteiger partial charge < -0.3 is 25.0 Å². The average molecular weight is 482 g/mol. The molecule has 1 fully saturated rings. The molecule has 2 aromatic rings. The molecule has 1 aromatic heterocycles. The summed E-state index contributed by atoms with van der Waals surface area (Å²) in [5.41, 5.74) is 1.35. The van der Waals surface area contributed by atoms with Crippen molar-refractivity contribution >= 4 is 24.2 Å². The zero-order chi connectivity index (χ0) is 24.2. The van der Waals surface area contributed by atoms with Crippen LogP contribution in [-0.2, 0) is 11.1 Å². The Morgan fingerprint density at radius 2 is 1.85 bits per heavy atom. The number of halogens is 1. The third kappa shape index (κ3) is 6.66. The number of hydrogen-bond donors (Lipinski definition) is 4. The first-order valence-electron chi connectivity index (χ1n) is 12.0. The second-order valence-corrected chi connectivity index (χ2v) is 11.0. The molecule has 1 aromatic carbocycles. The Morgan fingerprint density at radius 3 is 2.45 bits per heavy atom. The fraction of sp³-hybridized carbons (Fsp3) is 0.625. The van der Waals surface area contributed by atoms with Crippen LogP contribution in [0.3, 0.4) is 0 Å². The van der Waals surface area contributed by atoms with E-state index in [1.807, 2.05) is 6.20 Å². The summed E-state index contributed by atoms with van der Waals surface area (Å²) >= 11 is 0.